The van der Waals surface area contributed by atoms with Gasteiger partial charge in [0, 0.05) is 5.75 Å². The van der Waals surface area contributed by atoms with Crippen LogP contribution in [-0.2, 0) is 0 Å². The van der Waals surface area contributed by atoms with Crippen LogP contribution in [0.1, 0.15) is 13.3 Å². The van der Waals surface area contributed by atoms with Crippen molar-refractivity contribution in [1.82, 2.24) is 0 Å². The van der Waals surface area contributed by atoms with Gasteiger partial charge in [-0.05, 0) is 45.7 Å². The average Bonchev–Trinajstić information content (AvgIpc) is 1.89. The van der Waals surface area contributed by atoms with Crippen molar-refractivity contribution in [3.8, 4) is 0 Å². The first-order chi connectivity index (χ1) is 4.41. The summed E-state index contributed by atoms with van der Waals surface area (Å²) < 4.78 is 0. The van der Waals surface area contributed by atoms with Crippen LogP contribution in [-0.4, -0.2) is 5.75 Å². The van der Waals surface area contributed by atoms with E-state index >= 15 is 0 Å². The SMILES string of the molecule is CCCSSSSSS. The molecule has 0 spiro atoms. The molecule has 0 rings (SSSR count). The minimum absolute atomic E-state index is 1.25. The molecule has 0 aromatic carbocycles. The third kappa shape index (κ3) is 10.1. The van der Waals surface area contributed by atoms with E-state index < -0.39 is 0 Å². The van der Waals surface area contributed by atoms with E-state index in [9.17, 15) is 0 Å². The maximum Gasteiger partial charge on any atom is 0.00428 e. The van der Waals surface area contributed by atoms with Crippen LogP contribution in [0.4, 0.5) is 0 Å². The molecule has 0 amide bonds. The van der Waals surface area contributed by atoms with E-state index in [4.69, 9.17) is 0 Å². The van der Waals surface area contributed by atoms with Crippen LogP contribution in [0.2, 0.25) is 0 Å². The molecule has 0 aliphatic rings. The first kappa shape index (κ1) is 11.1. The zero-order chi connectivity index (χ0) is 6.95. The molecular weight excluding hydrogens is 228 g/mol. The van der Waals surface area contributed by atoms with Gasteiger partial charge < -0.3 is 0 Å². The molecule has 0 aromatic heterocycles. The molecule has 0 aliphatic carbocycles. The topological polar surface area (TPSA) is 0 Å². The Morgan fingerprint density at radius 2 is 2.00 bits per heavy atom. The summed E-state index contributed by atoms with van der Waals surface area (Å²) in [6.45, 7) is 2.19. The average molecular weight is 236 g/mol. The first-order valence-electron chi connectivity index (χ1n) is 2.35. The van der Waals surface area contributed by atoms with Crippen molar-refractivity contribution in [2.75, 3.05) is 5.75 Å². The van der Waals surface area contributed by atoms with Crippen molar-refractivity contribution in [2.45, 2.75) is 13.3 Å². The Morgan fingerprint density at radius 3 is 2.56 bits per heavy atom. The van der Waals surface area contributed by atoms with Crippen molar-refractivity contribution < 1.29 is 0 Å². The van der Waals surface area contributed by atoms with Crippen molar-refractivity contribution in [1.29, 1.82) is 0 Å². The summed E-state index contributed by atoms with van der Waals surface area (Å²) in [5, 5.41) is 0. The summed E-state index contributed by atoms with van der Waals surface area (Å²) in [5.74, 6) is 1.25. The number of rotatable bonds is 6. The minimum atomic E-state index is 1.25. The first-order valence-corrected chi connectivity index (χ1v) is 9.72. The van der Waals surface area contributed by atoms with Crippen LogP contribution < -0.4 is 0 Å². The highest BCUT2D eigenvalue weighted by molar-refractivity contribution is 9.41. The van der Waals surface area contributed by atoms with Gasteiger partial charge in [0.1, 0.15) is 0 Å². The summed E-state index contributed by atoms with van der Waals surface area (Å²) in [7, 11) is 8.71. The van der Waals surface area contributed by atoms with E-state index in [1.807, 2.05) is 20.6 Å². The fraction of sp³-hybridized carbons (Fsp3) is 1.00. The fourth-order valence-corrected chi connectivity index (χ4v) is 9.03. The molecule has 0 saturated heterocycles. The molecule has 0 fully saturated rings. The van der Waals surface area contributed by atoms with Crippen molar-refractivity contribution >= 4 is 61.8 Å². The Labute approximate surface area is 80.2 Å². The zero-order valence-electron chi connectivity index (χ0n) is 4.90. The van der Waals surface area contributed by atoms with Crippen LogP contribution in [0.15, 0.2) is 0 Å². The summed E-state index contributed by atoms with van der Waals surface area (Å²) in [4.78, 5) is 0. The van der Waals surface area contributed by atoms with Crippen molar-refractivity contribution in [3.05, 3.63) is 0 Å². The predicted molar refractivity (Wildman–Crippen MR) is 62.1 cm³/mol. The lowest BCUT2D eigenvalue weighted by atomic mass is 10.6. The summed E-state index contributed by atoms with van der Waals surface area (Å²) in [5.41, 5.74) is 0. The lowest BCUT2D eigenvalue weighted by molar-refractivity contribution is 1.11. The highest BCUT2D eigenvalue weighted by Crippen LogP contribution is 2.49. The Kier molecular flexibility index (Phi) is 12.5. The van der Waals surface area contributed by atoms with Gasteiger partial charge in [-0.15, -0.1) is 0 Å². The molecule has 0 unspecified atom stereocenters. The molecule has 9 heavy (non-hydrogen) atoms. The standard InChI is InChI=1S/C3H8S6/c1-2-3-5-7-9-8-6-4/h4H,2-3H2,1H3. The quantitative estimate of drug-likeness (QED) is 0.406. The molecule has 0 aliphatic heterocycles. The van der Waals surface area contributed by atoms with Gasteiger partial charge in [-0.2, -0.15) is 0 Å². The minimum Gasteiger partial charge on any atom is -0.0988 e. The molecule has 0 saturated carbocycles. The monoisotopic (exact) mass is 236 g/mol. The lowest BCUT2D eigenvalue weighted by Crippen LogP contribution is -1.63. The predicted octanol–water partition coefficient (Wildman–Crippen LogP) is 4.57. The van der Waals surface area contributed by atoms with Gasteiger partial charge in [0.15, 0.2) is 0 Å². The maximum atomic E-state index is 3.98. The van der Waals surface area contributed by atoms with Gasteiger partial charge in [0.25, 0.3) is 0 Å². The van der Waals surface area contributed by atoms with Gasteiger partial charge in [-0.1, -0.05) is 29.4 Å². The molecule has 0 radical (unpaired) electrons. The molecular formula is C3H8S6. The van der Waals surface area contributed by atoms with E-state index in [2.05, 4.69) is 18.6 Å². The van der Waals surface area contributed by atoms with E-state index in [-0.39, 0.29) is 0 Å². The normalized spacial score (nSPS) is 10.0. The van der Waals surface area contributed by atoms with Crippen LogP contribution >= 0.6 is 61.8 Å². The molecule has 6 heteroatoms. The van der Waals surface area contributed by atoms with Crippen molar-refractivity contribution in [3.63, 3.8) is 0 Å². The van der Waals surface area contributed by atoms with E-state index in [1.165, 1.54) is 22.0 Å². The van der Waals surface area contributed by atoms with Gasteiger partial charge >= 0.3 is 0 Å². The second-order valence-electron chi connectivity index (χ2n) is 1.10. The Morgan fingerprint density at radius 1 is 1.22 bits per heavy atom. The van der Waals surface area contributed by atoms with Gasteiger partial charge in [0.05, 0.1) is 0 Å². The largest absolute Gasteiger partial charge is 0.0988 e. The molecule has 0 atom stereocenters. The van der Waals surface area contributed by atoms with Crippen LogP contribution in [0.3, 0.4) is 0 Å². The van der Waals surface area contributed by atoms with E-state index in [0.29, 0.717) is 0 Å². The van der Waals surface area contributed by atoms with E-state index in [1.54, 1.807) is 19.7 Å². The highest BCUT2D eigenvalue weighted by Gasteiger charge is 1.88. The Balaban J connectivity index is 2.60. The van der Waals surface area contributed by atoms with Crippen LogP contribution in [0.25, 0.3) is 0 Å². The molecule has 0 heterocycles. The van der Waals surface area contributed by atoms with Gasteiger partial charge in [-0.25, -0.2) is 0 Å². The Bertz CT molecular complexity index is 41.6. The fourth-order valence-electron chi connectivity index (χ4n) is 0.161. The van der Waals surface area contributed by atoms with Crippen molar-refractivity contribution in [2.24, 2.45) is 0 Å². The number of thiol groups is 1. The molecule has 0 N–H and O–H groups in total. The third-order valence-electron chi connectivity index (χ3n) is 0.422. The Hall–Kier alpha value is 2.10. The maximum absolute atomic E-state index is 3.98. The summed E-state index contributed by atoms with van der Waals surface area (Å²) >= 11 is 3.98. The third-order valence-corrected chi connectivity index (χ3v) is 9.63. The van der Waals surface area contributed by atoms with Crippen LogP contribution in [0, 0.1) is 0 Å². The molecule has 0 aromatic rings. The smallest absolute Gasteiger partial charge is 0.00428 e. The molecule has 0 nitrogen and oxygen atoms in total. The number of hydrogen-bond acceptors (Lipinski definition) is 6. The zero-order valence-corrected chi connectivity index (χ0v) is 9.88. The van der Waals surface area contributed by atoms with Gasteiger partial charge in [-0.3, -0.25) is 0 Å². The summed E-state index contributed by atoms with van der Waals surface area (Å²) in [6.07, 6.45) is 1.26. The molecule has 56 valence electrons. The second-order valence-corrected chi connectivity index (χ2v) is 9.70. The number of hydrogen-bond donors (Lipinski definition) is 1. The second kappa shape index (κ2) is 10.1. The summed E-state index contributed by atoms with van der Waals surface area (Å²) in [6, 6.07) is 0. The van der Waals surface area contributed by atoms with Crippen LogP contribution in [0.5, 0.6) is 0 Å². The van der Waals surface area contributed by atoms with Gasteiger partial charge in [0.2, 0.25) is 0 Å². The molecule has 0 bridgehead atoms. The highest BCUT2D eigenvalue weighted by atomic mass is 33.9. The van der Waals surface area contributed by atoms with E-state index in [0.717, 1.165) is 0 Å². The lowest BCUT2D eigenvalue weighted by Gasteiger charge is -1.93.